The highest BCUT2D eigenvalue weighted by molar-refractivity contribution is 5.94. The molecule has 180 valence electrons. The normalized spacial score (nSPS) is 11.0. The number of ether oxygens (including phenoxy) is 3. The van der Waals surface area contributed by atoms with E-state index in [1.54, 1.807) is 31.3 Å². The van der Waals surface area contributed by atoms with Crippen molar-refractivity contribution in [2.24, 2.45) is 11.0 Å². The average molecular weight is 461 g/mol. The van der Waals surface area contributed by atoms with E-state index in [1.165, 1.54) is 0 Å². The summed E-state index contributed by atoms with van der Waals surface area (Å²) in [6.45, 7) is 5.42. The zero-order valence-electron chi connectivity index (χ0n) is 19.3. The number of benzene rings is 1. The summed E-state index contributed by atoms with van der Waals surface area (Å²) in [4.78, 5) is 26.5. The second-order valence-corrected chi connectivity index (χ2v) is 7.03. The first-order valence-corrected chi connectivity index (χ1v) is 10.6. The van der Waals surface area contributed by atoms with Gasteiger partial charge in [-0.1, -0.05) is 36.9 Å². The van der Waals surface area contributed by atoms with Gasteiger partial charge in [-0.3, -0.25) is 9.59 Å². The molecule has 0 aromatic heterocycles. The third kappa shape index (κ3) is 13.7. The van der Waals surface area contributed by atoms with Gasteiger partial charge < -0.3 is 30.2 Å². The number of likely N-dealkylation sites (N-methyl/N-ethyl adjacent to an activating group) is 1. The average Bonchev–Trinajstić information content (AvgIpc) is 2.80. The van der Waals surface area contributed by atoms with Crippen molar-refractivity contribution < 1.29 is 23.8 Å². The molecule has 0 saturated heterocycles. The topological polar surface area (TPSA) is 147 Å². The Balaban J connectivity index is 2.35. The highest BCUT2D eigenvalue weighted by atomic mass is 16.6. The summed E-state index contributed by atoms with van der Waals surface area (Å²) in [7, 11) is 1.80. The molecule has 11 nitrogen and oxygen atoms in total. The maximum atomic E-state index is 12.1. The van der Waals surface area contributed by atoms with Gasteiger partial charge in [0.25, 0.3) is 5.91 Å². The molecule has 0 bridgehead atoms. The SMILES string of the molecule is CNCCNC(=O)c1cccc(OCC(N=[N+]=[N-])OCCOCC(=O)NCC#CC(C)C)c1. The molecule has 0 aliphatic rings. The Morgan fingerprint density at radius 1 is 1.21 bits per heavy atom. The maximum Gasteiger partial charge on any atom is 0.251 e. The van der Waals surface area contributed by atoms with E-state index in [2.05, 4.69) is 37.8 Å². The Kier molecular flexibility index (Phi) is 14.5. The van der Waals surface area contributed by atoms with Crippen molar-refractivity contribution >= 4 is 11.8 Å². The molecule has 33 heavy (non-hydrogen) atoms. The number of hydrogen-bond acceptors (Lipinski definition) is 7. The fraction of sp³-hybridized carbons (Fsp3) is 0.545. The van der Waals surface area contributed by atoms with Crippen LogP contribution in [0.3, 0.4) is 0 Å². The number of amides is 2. The minimum atomic E-state index is -0.896. The van der Waals surface area contributed by atoms with Crippen LogP contribution < -0.4 is 20.7 Å². The van der Waals surface area contributed by atoms with Gasteiger partial charge in [-0.05, 0) is 30.8 Å². The van der Waals surface area contributed by atoms with Crippen LogP contribution in [0.1, 0.15) is 24.2 Å². The molecule has 0 spiro atoms. The fourth-order valence-electron chi connectivity index (χ4n) is 2.33. The largest absolute Gasteiger partial charge is 0.491 e. The van der Waals surface area contributed by atoms with Gasteiger partial charge in [0.2, 0.25) is 5.91 Å². The minimum absolute atomic E-state index is 0.0517. The van der Waals surface area contributed by atoms with Gasteiger partial charge in [-0.15, -0.1) is 0 Å². The Morgan fingerprint density at radius 2 is 2.03 bits per heavy atom. The van der Waals surface area contributed by atoms with Crippen molar-refractivity contribution in [1.29, 1.82) is 0 Å². The third-order valence-corrected chi connectivity index (χ3v) is 3.87. The lowest BCUT2D eigenvalue weighted by molar-refractivity contribution is -0.126. The van der Waals surface area contributed by atoms with Crippen molar-refractivity contribution in [3.63, 3.8) is 0 Å². The zero-order valence-corrected chi connectivity index (χ0v) is 19.3. The molecule has 1 aromatic carbocycles. The summed E-state index contributed by atoms with van der Waals surface area (Å²) < 4.78 is 16.3. The van der Waals surface area contributed by atoms with Crippen LogP contribution >= 0.6 is 0 Å². The number of azide groups is 1. The standard InChI is InChI=1S/C22H32N6O5/c1-17(2)6-5-9-25-20(29)15-31-12-13-32-21(27-28-23)16-33-19-8-4-7-18(14-19)22(30)26-11-10-24-3/h4,7-8,14,17,21,24H,9-13,15-16H2,1-3H3,(H,25,29)(H,26,30). The zero-order chi connectivity index (χ0) is 24.3. The van der Waals surface area contributed by atoms with Crippen LogP contribution in [-0.4, -0.2) is 71.2 Å². The number of carbonyl (C=O) groups excluding carboxylic acids is 2. The van der Waals surface area contributed by atoms with Gasteiger partial charge in [0, 0.05) is 29.5 Å². The second-order valence-electron chi connectivity index (χ2n) is 7.03. The lowest BCUT2D eigenvalue weighted by Crippen LogP contribution is -2.30. The van der Waals surface area contributed by atoms with E-state index in [0.717, 1.165) is 0 Å². The molecule has 0 fully saturated rings. The Morgan fingerprint density at radius 3 is 2.76 bits per heavy atom. The minimum Gasteiger partial charge on any atom is -0.491 e. The van der Waals surface area contributed by atoms with E-state index in [0.29, 0.717) is 24.4 Å². The quantitative estimate of drug-likeness (QED) is 0.119. The molecule has 0 aliphatic carbocycles. The first-order chi connectivity index (χ1) is 16.0. The van der Waals surface area contributed by atoms with Crippen molar-refractivity contribution in [3.05, 3.63) is 40.3 Å². The lowest BCUT2D eigenvalue weighted by atomic mass is 10.2. The molecule has 0 radical (unpaired) electrons. The number of carbonyl (C=O) groups is 2. The van der Waals surface area contributed by atoms with E-state index in [4.69, 9.17) is 19.7 Å². The first kappa shape index (κ1) is 27.7. The molecule has 1 aromatic rings. The molecule has 0 aliphatic heterocycles. The highest BCUT2D eigenvalue weighted by Gasteiger charge is 2.10. The van der Waals surface area contributed by atoms with E-state index in [-0.39, 0.29) is 50.7 Å². The number of nitrogens with one attached hydrogen (secondary N) is 3. The van der Waals surface area contributed by atoms with Gasteiger partial charge in [0.05, 0.1) is 19.8 Å². The molecule has 0 heterocycles. The van der Waals surface area contributed by atoms with Crippen LogP contribution in [0.15, 0.2) is 29.4 Å². The van der Waals surface area contributed by atoms with Gasteiger partial charge in [-0.25, -0.2) is 0 Å². The van der Waals surface area contributed by atoms with Gasteiger partial charge in [0.1, 0.15) is 19.0 Å². The predicted molar refractivity (Wildman–Crippen MR) is 124 cm³/mol. The molecule has 3 N–H and O–H groups in total. The highest BCUT2D eigenvalue weighted by Crippen LogP contribution is 2.14. The van der Waals surface area contributed by atoms with Gasteiger partial charge in [-0.2, -0.15) is 0 Å². The smallest absolute Gasteiger partial charge is 0.251 e. The predicted octanol–water partition coefficient (Wildman–Crippen LogP) is 1.46. The number of hydrogen-bond donors (Lipinski definition) is 3. The molecule has 11 heteroatoms. The van der Waals surface area contributed by atoms with Crippen LogP contribution in [0.2, 0.25) is 0 Å². The molecule has 2 amide bonds. The summed E-state index contributed by atoms with van der Waals surface area (Å²) in [5.74, 6) is 5.98. The van der Waals surface area contributed by atoms with Crippen molar-refractivity contribution in [2.45, 2.75) is 20.1 Å². The summed E-state index contributed by atoms with van der Waals surface area (Å²) in [6, 6.07) is 6.65. The Labute approximate surface area is 194 Å². The van der Waals surface area contributed by atoms with E-state index in [9.17, 15) is 9.59 Å². The molecule has 1 rings (SSSR count). The first-order valence-electron chi connectivity index (χ1n) is 10.6. The summed E-state index contributed by atoms with van der Waals surface area (Å²) in [5, 5.41) is 11.9. The summed E-state index contributed by atoms with van der Waals surface area (Å²) in [5.41, 5.74) is 9.19. The molecular formula is C22H32N6O5. The van der Waals surface area contributed by atoms with Crippen LogP contribution in [-0.2, 0) is 14.3 Å². The number of rotatable bonds is 15. The van der Waals surface area contributed by atoms with Gasteiger partial charge in [0.15, 0.2) is 6.23 Å². The van der Waals surface area contributed by atoms with Crippen LogP contribution in [0, 0.1) is 17.8 Å². The molecular weight excluding hydrogens is 428 g/mol. The van der Waals surface area contributed by atoms with Crippen molar-refractivity contribution in [1.82, 2.24) is 16.0 Å². The van der Waals surface area contributed by atoms with Crippen LogP contribution in [0.4, 0.5) is 0 Å². The fourth-order valence-corrected chi connectivity index (χ4v) is 2.33. The Hall–Kier alpha value is -3.29. The van der Waals surface area contributed by atoms with Crippen LogP contribution in [0.25, 0.3) is 10.4 Å². The lowest BCUT2D eigenvalue weighted by Gasteiger charge is -2.14. The Bertz CT molecular complexity index is 845. The third-order valence-electron chi connectivity index (χ3n) is 3.87. The summed E-state index contributed by atoms with van der Waals surface area (Å²) >= 11 is 0. The number of nitrogens with zero attached hydrogens (tertiary/aromatic N) is 3. The van der Waals surface area contributed by atoms with E-state index in [1.807, 2.05) is 13.8 Å². The van der Waals surface area contributed by atoms with Gasteiger partial charge >= 0.3 is 0 Å². The van der Waals surface area contributed by atoms with Crippen molar-refractivity contribution in [3.8, 4) is 17.6 Å². The van der Waals surface area contributed by atoms with Crippen molar-refractivity contribution in [2.75, 3.05) is 53.1 Å². The second kappa shape index (κ2) is 17.3. The summed E-state index contributed by atoms with van der Waals surface area (Å²) in [6.07, 6.45) is -0.896. The molecule has 1 unspecified atom stereocenters. The monoisotopic (exact) mass is 460 g/mol. The van der Waals surface area contributed by atoms with E-state index < -0.39 is 6.23 Å². The molecule has 1 atom stereocenters. The van der Waals surface area contributed by atoms with Crippen LogP contribution in [0.5, 0.6) is 5.75 Å². The maximum absolute atomic E-state index is 12.1. The van der Waals surface area contributed by atoms with E-state index >= 15 is 0 Å². The molecule has 0 saturated carbocycles.